The number of hydrogen-bond donors (Lipinski definition) is 2. The molecular weight excluding hydrogens is 325 g/mol. The molecule has 0 radical (unpaired) electrons. The second-order valence-corrected chi connectivity index (χ2v) is 4.90. The molecule has 0 fully saturated rings. The van der Waals surface area contributed by atoms with E-state index in [0.29, 0.717) is 27.2 Å². The summed E-state index contributed by atoms with van der Waals surface area (Å²) in [6.07, 6.45) is 1.65. The van der Waals surface area contributed by atoms with E-state index < -0.39 is 0 Å². The van der Waals surface area contributed by atoms with Crippen LogP contribution in [0.15, 0.2) is 34.9 Å². The fourth-order valence-corrected chi connectivity index (χ4v) is 2.09. The van der Waals surface area contributed by atoms with Crippen molar-refractivity contribution >= 4 is 56.3 Å². The zero-order valence-electron chi connectivity index (χ0n) is 8.55. The molecule has 0 saturated carbocycles. The van der Waals surface area contributed by atoms with Crippen molar-refractivity contribution in [3.05, 3.63) is 45.0 Å². The van der Waals surface area contributed by atoms with Crippen LogP contribution in [-0.4, -0.2) is 4.98 Å². The van der Waals surface area contributed by atoms with Crippen molar-refractivity contribution in [1.82, 2.24) is 4.98 Å². The van der Waals surface area contributed by atoms with Gasteiger partial charge in [-0.1, -0.05) is 23.2 Å². The zero-order chi connectivity index (χ0) is 12.4. The van der Waals surface area contributed by atoms with E-state index in [-0.39, 0.29) is 0 Å². The quantitative estimate of drug-likeness (QED) is 0.797. The molecule has 6 heteroatoms. The van der Waals surface area contributed by atoms with Gasteiger partial charge >= 0.3 is 0 Å². The maximum Gasteiger partial charge on any atom is 0.153 e. The molecule has 0 aliphatic heterocycles. The second kappa shape index (κ2) is 5.12. The average molecular weight is 333 g/mol. The Morgan fingerprint density at radius 3 is 2.65 bits per heavy atom. The van der Waals surface area contributed by atoms with Crippen molar-refractivity contribution in [3.63, 3.8) is 0 Å². The first-order chi connectivity index (χ1) is 8.09. The highest BCUT2D eigenvalue weighted by Gasteiger charge is 2.09. The number of rotatable bonds is 2. The summed E-state index contributed by atoms with van der Waals surface area (Å²) in [7, 11) is 0. The van der Waals surface area contributed by atoms with E-state index in [1.165, 1.54) is 0 Å². The first-order valence-electron chi connectivity index (χ1n) is 4.70. The van der Waals surface area contributed by atoms with Gasteiger partial charge < -0.3 is 11.1 Å². The van der Waals surface area contributed by atoms with Gasteiger partial charge in [0.15, 0.2) is 5.82 Å². The smallest absolute Gasteiger partial charge is 0.153 e. The van der Waals surface area contributed by atoms with Gasteiger partial charge in [0.05, 0.1) is 21.4 Å². The van der Waals surface area contributed by atoms with Crippen LogP contribution in [0.2, 0.25) is 10.0 Å². The van der Waals surface area contributed by atoms with Crippen molar-refractivity contribution in [2.24, 2.45) is 0 Å². The number of benzene rings is 1. The van der Waals surface area contributed by atoms with E-state index in [1.54, 1.807) is 30.5 Å². The second-order valence-electron chi connectivity index (χ2n) is 3.29. The zero-order valence-corrected chi connectivity index (χ0v) is 11.6. The average Bonchev–Trinajstić information content (AvgIpc) is 2.32. The molecule has 0 spiro atoms. The number of nitrogens with two attached hydrogens (primary N) is 1. The minimum absolute atomic E-state index is 0.422. The fraction of sp³-hybridized carbons (Fsp3) is 0. The topological polar surface area (TPSA) is 50.9 Å². The van der Waals surface area contributed by atoms with Crippen molar-refractivity contribution in [2.75, 3.05) is 11.1 Å². The summed E-state index contributed by atoms with van der Waals surface area (Å²) >= 11 is 15.4. The van der Waals surface area contributed by atoms with E-state index in [4.69, 9.17) is 28.9 Å². The van der Waals surface area contributed by atoms with Gasteiger partial charge in [0.1, 0.15) is 0 Å². The van der Waals surface area contributed by atoms with Crippen LogP contribution in [0.3, 0.4) is 0 Å². The summed E-state index contributed by atoms with van der Waals surface area (Å²) < 4.78 is 0.740. The van der Waals surface area contributed by atoms with E-state index in [9.17, 15) is 0 Å². The van der Waals surface area contributed by atoms with Gasteiger partial charge in [-0.25, -0.2) is 4.98 Å². The Balaban J connectivity index is 2.38. The van der Waals surface area contributed by atoms with E-state index >= 15 is 0 Å². The van der Waals surface area contributed by atoms with Crippen LogP contribution in [0.1, 0.15) is 0 Å². The predicted octanol–water partition coefficient (Wildman–Crippen LogP) is 4.48. The molecular formula is C11H8BrCl2N3. The standard InChI is InChI=1S/C11H8BrCl2N3/c12-6-3-4-8(10(14)9(6)13)17-11-7(15)2-1-5-16-11/h1-5H,15H2,(H,16,17). The van der Waals surface area contributed by atoms with Gasteiger partial charge in [-0.15, -0.1) is 0 Å². The van der Waals surface area contributed by atoms with Crippen LogP contribution < -0.4 is 11.1 Å². The summed E-state index contributed by atoms with van der Waals surface area (Å²) in [5, 5.41) is 3.91. The number of nitrogens with zero attached hydrogens (tertiary/aromatic N) is 1. The number of aromatic nitrogens is 1. The molecule has 2 aromatic rings. The van der Waals surface area contributed by atoms with Gasteiger partial charge in [-0.05, 0) is 40.2 Å². The molecule has 88 valence electrons. The minimum atomic E-state index is 0.422. The molecule has 1 heterocycles. The molecule has 2 rings (SSSR count). The van der Waals surface area contributed by atoms with E-state index in [1.807, 2.05) is 0 Å². The van der Waals surface area contributed by atoms with Crippen molar-refractivity contribution in [1.29, 1.82) is 0 Å². The summed E-state index contributed by atoms with van der Waals surface area (Å²) in [4.78, 5) is 4.12. The highest BCUT2D eigenvalue weighted by atomic mass is 79.9. The summed E-state index contributed by atoms with van der Waals surface area (Å²) in [5.41, 5.74) is 6.98. The third-order valence-corrected chi connectivity index (χ3v) is 3.90. The predicted molar refractivity (Wildman–Crippen MR) is 76.1 cm³/mol. The Morgan fingerprint density at radius 1 is 1.18 bits per heavy atom. The van der Waals surface area contributed by atoms with Crippen molar-refractivity contribution < 1.29 is 0 Å². The number of nitrogens with one attached hydrogen (secondary N) is 1. The molecule has 0 amide bonds. The molecule has 1 aromatic heterocycles. The van der Waals surface area contributed by atoms with Gasteiger partial charge in [0, 0.05) is 10.7 Å². The number of pyridine rings is 1. The number of nitrogen functional groups attached to an aromatic ring is 1. The molecule has 0 unspecified atom stereocenters. The monoisotopic (exact) mass is 331 g/mol. The number of hydrogen-bond acceptors (Lipinski definition) is 3. The molecule has 0 saturated heterocycles. The third-order valence-electron chi connectivity index (χ3n) is 2.13. The SMILES string of the molecule is Nc1cccnc1Nc1ccc(Br)c(Cl)c1Cl. The Kier molecular flexibility index (Phi) is 3.76. The molecule has 3 N–H and O–H groups in total. The molecule has 0 aliphatic rings. The number of anilines is 3. The van der Waals surface area contributed by atoms with Gasteiger partial charge in [-0.3, -0.25) is 0 Å². The molecule has 1 aromatic carbocycles. The third kappa shape index (κ3) is 2.65. The molecule has 17 heavy (non-hydrogen) atoms. The Labute approximate surface area is 117 Å². The minimum Gasteiger partial charge on any atom is -0.396 e. The first kappa shape index (κ1) is 12.5. The fourth-order valence-electron chi connectivity index (χ4n) is 1.27. The summed E-state index contributed by atoms with van der Waals surface area (Å²) in [5.74, 6) is 0.549. The van der Waals surface area contributed by atoms with Crippen LogP contribution in [-0.2, 0) is 0 Å². The lowest BCUT2D eigenvalue weighted by Gasteiger charge is -2.11. The largest absolute Gasteiger partial charge is 0.396 e. The Bertz CT molecular complexity index is 560. The van der Waals surface area contributed by atoms with E-state index in [0.717, 1.165) is 4.47 Å². The van der Waals surface area contributed by atoms with Gasteiger partial charge in [0.2, 0.25) is 0 Å². The Hall–Kier alpha value is -0.970. The van der Waals surface area contributed by atoms with E-state index in [2.05, 4.69) is 26.2 Å². The van der Waals surface area contributed by atoms with Crippen LogP contribution in [0.5, 0.6) is 0 Å². The summed E-state index contributed by atoms with van der Waals surface area (Å²) in [6.45, 7) is 0. The normalized spacial score (nSPS) is 10.3. The van der Waals surface area contributed by atoms with Gasteiger partial charge in [0.25, 0.3) is 0 Å². The Morgan fingerprint density at radius 2 is 1.94 bits per heavy atom. The van der Waals surface area contributed by atoms with Crippen molar-refractivity contribution in [2.45, 2.75) is 0 Å². The highest BCUT2D eigenvalue weighted by Crippen LogP contribution is 2.37. The lowest BCUT2D eigenvalue weighted by Crippen LogP contribution is -1.99. The van der Waals surface area contributed by atoms with Crippen molar-refractivity contribution in [3.8, 4) is 0 Å². The number of halogens is 3. The van der Waals surface area contributed by atoms with Crippen LogP contribution in [0, 0.1) is 0 Å². The maximum absolute atomic E-state index is 6.11. The maximum atomic E-state index is 6.11. The lowest BCUT2D eigenvalue weighted by molar-refractivity contribution is 1.31. The van der Waals surface area contributed by atoms with Crippen LogP contribution >= 0.6 is 39.1 Å². The summed E-state index contributed by atoms with van der Waals surface area (Å²) in [6, 6.07) is 7.11. The molecule has 3 nitrogen and oxygen atoms in total. The molecule has 0 aliphatic carbocycles. The molecule has 0 atom stereocenters. The highest BCUT2D eigenvalue weighted by molar-refractivity contribution is 9.10. The first-order valence-corrected chi connectivity index (χ1v) is 6.25. The lowest BCUT2D eigenvalue weighted by atomic mass is 10.3. The van der Waals surface area contributed by atoms with Crippen LogP contribution in [0.4, 0.5) is 17.2 Å². The molecule has 0 bridgehead atoms. The van der Waals surface area contributed by atoms with Crippen LogP contribution in [0.25, 0.3) is 0 Å². The van der Waals surface area contributed by atoms with Gasteiger partial charge in [-0.2, -0.15) is 0 Å².